The van der Waals surface area contributed by atoms with Crippen molar-refractivity contribution in [3.8, 4) is 5.75 Å². The van der Waals surface area contributed by atoms with Gasteiger partial charge in [-0.15, -0.1) is 0 Å². The molecule has 0 heterocycles. The first-order valence-electron chi connectivity index (χ1n) is 5.14. The Balaban J connectivity index is 3.36. The molecule has 0 aromatic heterocycles. The fourth-order valence-electron chi connectivity index (χ4n) is 1.56. The topological polar surface area (TPSA) is 88.2 Å². The molecule has 0 saturated carbocycles. The van der Waals surface area contributed by atoms with Gasteiger partial charge in [-0.25, -0.2) is 4.39 Å². The Kier molecular flexibility index (Phi) is 4.86. The van der Waals surface area contributed by atoms with Crippen molar-refractivity contribution < 1.29 is 13.9 Å². The quantitative estimate of drug-likeness (QED) is 0.521. The molecular formula is C12H14FN3O2. The predicted octanol–water partition coefficient (Wildman–Crippen LogP) is 1.03. The SMILES string of the molecule is COc1ccc(/C(C=N)=C/N)c(CNC=O)c1F. The summed E-state index contributed by atoms with van der Waals surface area (Å²) in [6, 6.07) is 3.04. The Bertz CT molecular complexity index is 486. The summed E-state index contributed by atoms with van der Waals surface area (Å²) < 4.78 is 18.9. The van der Waals surface area contributed by atoms with Crippen LogP contribution in [0, 0.1) is 11.2 Å². The number of amides is 1. The summed E-state index contributed by atoms with van der Waals surface area (Å²) in [7, 11) is 1.35. The van der Waals surface area contributed by atoms with E-state index < -0.39 is 5.82 Å². The largest absolute Gasteiger partial charge is 0.494 e. The van der Waals surface area contributed by atoms with Crippen LogP contribution in [0.25, 0.3) is 5.57 Å². The highest BCUT2D eigenvalue weighted by Crippen LogP contribution is 2.27. The highest BCUT2D eigenvalue weighted by atomic mass is 19.1. The summed E-state index contributed by atoms with van der Waals surface area (Å²) in [5.41, 5.74) is 6.41. The smallest absolute Gasteiger partial charge is 0.207 e. The minimum absolute atomic E-state index is 0.00690. The number of carbonyl (C=O) groups excluding carboxylic acids is 1. The maximum Gasteiger partial charge on any atom is 0.207 e. The van der Waals surface area contributed by atoms with Crippen LogP contribution in [0.5, 0.6) is 5.75 Å². The fourth-order valence-corrected chi connectivity index (χ4v) is 1.56. The molecule has 1 aromatic rings. The number of halogens is 1. The van der Waals surface area contributed by atoms with Crippen LogP contribution in [0.1, 0.15) is 11.1 Å². The molecule has 0 aliphatic carbocycles. The Labute approximate surface area is 104 Å². The number of ether oxygens (including phenoxy) is 1. The molecule has 5 nitrogen and oxygen atoms in total. The lowest BCUT2D eigenvalue weighted by Crippen LogP contribution is -2.14. The maximum absolute atomic E-state index is 14.1. The summed E-state index contributed by atoms with van der Waals surface area (Å²) in [5, 5.41) is 9.60. The molecule has 0 atom stereocenters. The monoisotopic (exact) mass is 251 g/mol. The van der Waals surface area contributed by atoms with Crippen molar-refractivity contribution in [2.75, 3.05) is 7.11 Å². The summed E-state index contributed by atoms with van der Waals surface area (Å²) in [6.45, 7) is -0.00690. The average Bonchev–Trinajstić information content (AvgIpc) is 2.39. The molecule has 1 aromatic carbocycles. The second-order valence-electron chi connectivity index (χ2n) is 3.37. The summed E-state index contributed by atoms with van der Waals surface area (Å²) >= 11 is 0. The van der Waals surface area contributed by atoms with Crippen molar-refractivity contribution in [3.05, 3.63) is 35.3 Å². The Morgan fingerprint density at radius 1 is 1.61 bits per heavy atom. The first-order chi connectivity index (χ1) is 8.69. The van der Waals surface area contributed by atoms with Crippen LogP contribution >= 0.6 is 0 Å². The summed E-state index contributed by atoms with van der Waals surface area (Å²) in [4.78, 5) is 10.3. The Morgan fingerprint density at radius 3 is 2.83 bits per heavy atom. The molecule has 96 valence electrons. The van der Waals surface area contributed by atoms with Gasteiger partial charge in [0.15, 0.2) is 11.6 Å². The van der Waals surface area contributed by atoms with Crippen molar-refractivity contribution in [1.82, 2.24) is 5.32 Å². The highest BCUT2D eigenvalue weighted by molar-refractivity contribution is 6.08. The normalized spacial score (nSPS) is 10.9. The third-order valence-corrected chi connectivity index (χ3v) is 2.44. The van der Waals surface area contributed by atoms with Gasteiger partial charge in [-0.3, -0.25) is 4.79 Å². The van der Waals surface area contributed by atoms with E-state index in [0.29, 0.717) is 17.5 Å². The average molecular weight is 251 g/mol. The van der Waals surface area contributed by atoms with Gasteiger partial charge in [0.25, 0.3) is 0 Å². The van der Waals surface area contributed by atoms with Crippen molar-refractivity contribution in [3.63, 3.8) is 0 Å². The minimum Gasteiger partial charge on any atom is -0.494 e. The van der Waals surface area contributed by atoms with Crippen LogP contribution in [-0.2, 0) is 11.3 Å². The van der Waals surface area contributed by atoms with E-state index in [1.165, 1.54) is 19.4 Å². The van der Waals surface area contributed by atoms with Crippen LogP contribution in [0.4, 0.5) is 4.39 Å². The van der Waals surface area contributed by atoms with Gasteiger partial charge in [0.2, 0.25) is 6.41 Å². The molecule has 1 rings (SSSR count). The highest BCUT2D eigenvalue weighted by Gasteiger charge is 2.15. The number of hydrogen-bond acceptors (Lipinski definition) is 4. The minimum atomic E-state index is -0.578. The lowest BCUT2D eigenvalue weighted by Gasteiger charge is -2.13. The van der Waals surface area contributed by atoms with Gasteiger partial charge < -0.3 is 21.2 Å². The van der Waals surface area contributed by atoms with Crippen LogP contribution in [0.3, 0.4) is 0 Å². The number of allylic oxidation sites excluding steroid dienone is 1. The van der Waals surface area contributed by atoms with Gasteiger partial charge in [-0.1, -0.05) is 6.07 Å². The number of nitrogens with two attached hydrogens (primary N) is 1. The summed E-state index contributed by atoms with van der Waals surface area (Å²) in [6.07, 6.45) is 2.70. The number of nitrogens with one attached hydrogen (secondary N) is 2. The van der Waals surface area contributed by atoms with Gasteiger partial charge in [0, 0.05) is 30.1 Å². The molecule has 0 aliphatic rings. The maximum atomic E-state index is 14.1. The zero-order valence-electron chi connectivity index (χ0n) is 9.87. The summed E-state index contributed by atoms with van der Waals surface area (Å²) in [5.74, 6) is -0.506. The van der Waals surface area contributed by atoms with Gasteiger partial charge >= 0.3 is 0 Å². The molecule has 0 radical (unpaired) electrons. The lowest BCUT2D eigenvalue weighted by molar-refractivity contribution is -0.109. The Morgan fingerprint density at radius 2 is 2.33 bits per heavy atom. The fraction of sp³-hybridized carbons (Fsp3) is 0.167. The van der Waals surface area contributed by atoms with E-state index in [0.717, 1.165) is 6.21 Å². The molecule has 0 fully saturated rings. The third kappa shape index (κ3) is 2.65. The Hall–Kier alpha value is -2.37. The first kappa shape index (κ1) is 13.7. The van der Waals surface area contributed by atoms with E-state index in [-0.39, 0.29) is 17.9 Å². The van der Waals surface area contributed by atoms with Crippen molar-refractivity contribution in [2.24, 2.45) is 5.73 Å². The van der Waals surface area contributed by atoms with E-state index in [4.69, 9.17) is 15.9 Å². The van der Waals surface area contributed by atoms with E-state index in [9.17, 15) is 9.18 Å². The number of benzene rings is 1. The van der Waals surface area contributed by atoms with E-state index >= 15 is 0 Å². The second-order valence-corrected chi connectivity index (χ2v) is 3.37. The molecule has 6 heteroatoms. The van der Waals surface area contributed by atoms with Crippen LogP contribution in [0.15, 0.2) is 18.3 Å². The van der Waals surface area contributed by atoms with E-state index in [1.54, 1.807) is 6.07 Å². The molecule has 0 aliphatic heterocycles. The molecule has 0 unspecified atom stereocenters. The standard InChI is InChI=1S/C12H14FN3O2/c1-18-11-3-2-9(8(4-14)5-15)10(12(11)13)6-16-7-17/h2-5,7,14H,6,15H2,1H3,(H,16,17)/b8-5+,14-4?. The number of methoxy groups -OCH3 is 1. The van der Waals surface area contributed by atoms with Crippen LogP contribution < -0.4 is 15.8 Å². The zero-order chi connectivity index (χ0) is 13.5. The molecule has 0 spiro atoms. The molecule has 0 saturated heterocycles. The third-order valence-electron chi connectivity index (χ3n) is 2.44. The molecular weight excluding hydrogens is 237 g/mol. The van der Waals surface area contributed by atoms with Crippen LogP contribution in [-0.4, -0.2) is 19.7 Å². The number of hydrogen-bond donors (Lipinski definition) is 3. The molecule has 1 amide bonds. The second kappa shape index (κ2) is 6.39. The lowest BCUT2D eigenvalue weighted by atomic mass is 9.99. The van der Waals surface area contributed by atoms with Gasteiger partial charge in [-0.2, -0.15) is 0 Å². The van der Waals surface area contributed by atoms with Crippen molar-refractivity contribution in [2.45, 2.75) is 6.54 Å². The molecule has 18 heavy (non-hydrogen) atoms. The molecule has 4 N–H and O–H groups in total. The number of carbonyl (C=O) groups is 1. The zero-order valence-corrected chi connectivity index (χ0v) is 9.87. The van der Waals surface area contributed by atoms with E-state index in [2.05, 4.69) is 5.32 Å². The van der Waals surface area contributed by atoms with Crippen molar-refractivity contribution in [1.29, 1.82) is 5.41 Å². The predicted molar refractivity (Wildman–Crippen MR) is 66.8 cm³/mol. The van der Waals surface area contributed by atoms with Crippen molar-refractivity contribution >= 4 is 18.2 Å². The molecule has 0 bridgehead atoms. The van der Waals surface area contributed by atoms with Gasteiger partial charge in [0.1, 0.15) is 0 Å². The van der Waals surface area contributed by atoms with Gasteiger partial charge in [0.05, 0.1) is 7.11 Å². The van der Waals surface area contributed by atoms with E-state index in [1.807, 2.05) is 0 Å². The first-order valence-corrected chi connectivity index (χ1v) is 5.14. The van der Waals surface area contributed by atoms with Crippen LogP contribution in [0.2, 0.25) is 0 Å². The number of rotatable bonds is 6. The van der Waals surface area contributed by atoms with Gasteiger partial charge in [-0.05, 0) is 11.6 Å².